The van der Waals surface area contributed by atoms with Crippen molar-refractivity contribution in [1.29, 1.82) is 0 Å². The number of ether oxygens (including phenoxy) is 1. The second-order valence-corrected chi connectivity index (χ2v) is 6.91. The Morgan fingerprint density at radius 1 is 1.18 bits per heavy atom. The van der Waals surface area contributed by atoms with Crippen LogP contribution in [-0.2, 0) is 17.7 Å². The minimum atomic E-state index is 0.459. The Morgan fingerprint density at radius 3 is 2.64 bits per heavy atom. The molecule has 0 spiro atoms. The summed E-state index contributed by atoms with van der Waals surface area (Å²) in [6, 6.07) is 0. The summed E-state index contributed by atoms with van der Waals surface area (Å²) in [7, 11) is 0. The molecule has 1 aromatic heterocycles. The zero-order valence-corrected chi connectivity index (χ0v) is 13.8. The van der Waals surface area contributed by atoms with Crippen molar-refractivity contribution in [3.05, 3.63) is 11.7 Å². The van der Waals surface area contributed by atoms with Crippen LogP contribution in [0.3, 0.4) is 0 Å². The summed E-state index contributed by atoms with van der Waals surface area (Å²) in [6.45, 7) is 11.5. The molecule has 1 aromatic rings. The Morgan fingerprint density at radius 2 is 1.95 bits per heavy atom. The maximum Gasteiger partial charge on any atom is 0.240 e. The molecule has 1 atom stereocenters. The normalized spacial score (nSPS) is 24.4. The molecule has 0 bridgehead atoms. The number of aromatic nitrogens is 2. The van der Waals surface area contributed by atoms with Gasteiger partial charge in [-0.05, 0) is 18.8 Å². The lowest BCUT2D eigenvalue weighted by molar-refractivity contribution is 0.0468. The minimum absolute atomic E-state index is 0.459. The van der Waals surface area contributed by atoms with E-state index < -0.39 is 0 Å². The standard InChI is InChI=1S/C16H28N4O2/c1-13(2)10-15-17-16(22-18-15)12-20-7-5-19(6-8-20)11-14-4-3-9-21-14/h13-14H,3-12H2,1-2H3. The molecular weight excluding hydrogens is 280 g/mol. The van der Waals surface area contributed by atoms with Crippen molar-refractivity contribution in [3.8, 4) is 0 Å². The van der Waals surface area contributed by atoms with Crippen molar-refractivity contribution >= 4 is 0 Å². The maximum absolute atomic E-state index is 5.72. The van der Waals surface area contributed by atoms with Gasteiger partial charge < -0.3 is 9.26 Å². The minimum Gasteiger partial charge on any atom is -0.377 e. The van der Waals surface area contributed by atoms with Crippen LogP contribution in [0, 0.1) is 5.92 Å². The van der Waals surface area contributed by atoms with E-state index in [2.05, 4.69) is 33.8 Å². The van der Waals surface area contributed by atoms with Crippen LogP contribution in [0.1, 0.15) is 38.4 Å². The van der Waals surface area contributed by atoms with E-state index in [1.807, 2.05) is 0 Å². The molecule has 124 valence electrons. The third kappa shape index (κ3) is 4.51. The van der Waals surface area contributed by atoms with Crippen LogP contribution < -0.4 is 0 Å². The van der Waals surface area contributed by atoms with Crippen molar-refractivity contribution in [3.63, 3.8) is 0 Å². The van der Waals surface area contributed by atoms with Crippen molar-refractivity contribution in [2.75, 3.05) is 39.3 Å². The highest BCUT2D eigenvalue weighted by molar-refractivity contribution is 4.88. The van der Waals surface area contributed by atoms with Crippen molar-refractivity contribution in [2.45, 2.75) is 45.8 Å². The van der Waals surface area contributed by atoms with Gasteiger partial charge in [0, 0.05) is 45.8 Å². The van der Waals surface area contributed by atoms with E-state index in [-0.39, 0.29) is 0 Å². The summed E-state index contributed by atoms with van der Waals surface area (Å²) < 4.78 is 11.1. The molecule has 0 aliphatic carbocycles. The smallest absolute Gasteiger partial charge is 0.240 e. The van der Waals surface area contributed by atoms with Gasteiger partial charge in [-0.3, -0.25) is 9.80 Å². The Balaban J connectivity index is 1.40. The fourth-order valence-electron chi connectivity index (χ4n) is 3.20. The molecule has 2 saturated heterocycles. The summed E-state index contributed by atoms with van der Waals surface area (Å²) in [6.07, 6.45) is 3.79. The molecule has 3 rings (SSSR count). The first kappa shape index (κ1) is 15.9. The lowest BCUT2D eigenvalue weighted by Gasteiger charge is -2.34. The molecule has 2 aliphatic rings. The maximum atomic E-state index is 5.72. The van der Waals surface area contributed by atoms with E-state index in [0.717, 1.165) is 64.0 Å². The zero-order valence-electron chi connectivity index (χ0n) is 13.8. The van der Waals surface area contributed by atoms with E-state index in [1.54, 1.807) is 0 Å². The zero-order chi connectivity index (χ0) is 15.4. The van der Waals surface area contributed by atoms with Gasteiger partial charge in [0.15, 0.2) is 5.82 Å². The summed E-state index contributed by atoms with van der Waals surface area (Å²) in [5, 5.41) is 4.07. The lowest BCUT2D eigenvalue weighted by atomic mass is 10.1. The molecule has 2 fully saturated rings. The van der Waals surface area contributed by atoms with Crippen molar-refractivity contribution in [2.24, 2.45) is 5.92 Å². The molecular formula is C16H28N4O2. The van der Waals surface area contributed by atoms with E-state index >= 15 is 0 Å². The van der Waals surface area contributed by atoms with Crippen LogP contribution in [0.2, 0.25) is 0 Å². The van der Waals surface area contributed by atoms with Crippen LogP contribution >= 0.6 is 0 Å². The van der Waals surface area contributed by atoms with Gasteiger partial charge in [-0.25, -0.2) is 0 Å². The van der Waals surface area contributed by atoms with Crippen molar-refractivity contribution in [1.82, 2.24) is 19.9 Å². The van der Waals surface area contributed by atoms with Gasteiger partial charge in [0.25, 0.3) is 0 Å². The molecule has 6 nitrogen and oxygen atoms in total. The van der Waals surface area contributed by atoms with Crippen LogP contribution in [0.4, 0.5) is 0 Å². The van der Waals surface area contributed by atoms with Crippen LogP contribution in [0.5, 0.6) is 0 Å². The Labute approximate surface area is 132 Å². The second-order valence-electron chi connectivity index (χ2n) is 6.91. The second kappa shape index (κ2) is 7.53. The van der Waals surface area contributed by atoms with Gasteiger partial charge in [0.2, 0.25) is 5.89 Å². The molecule has 6 heteroatoms. The molecule has 1 unspecified atom stereocenters. The predicted octanol–water partition coefficient (Wildman–Crippen LogP) is 1.56. The largest absolute Gasteiger partial charge is 0.377 e. The van der Waals surface area contributed by atoms with Gasteiger partial charge in [0.05, 0.1) is 12.6 Å². The van der Waals surface area contributed by atoms with Crippen LogP contribution in [0.25, 0.3) is 0 Å². The summed E-state index contributed by atoms with van der Waals surface area (Å²) in [5.74, 6) is 2.15. The quantitative estimate of drug-likeness (QED) is 0.795. The average Bonchev–Trinajstić information content (AvgIpc) is 3.13. The molecule has 0 N–H and O–H groups in total. The summed E-state index contributed by atoms with van der Waals surface area (Å²) in [4.78, 5) is 9.41. The van der Waals surface area contributed by atoms with Gasteiger partial charge in [0.1, 0.15) is 0 Å². The third-order valence-electron chi connectivity index (χ3n) is 4.41. The van der Waals surface area contributed by atoms with E-state index in [0.29, 0.717) is 12.0 Å². The summed E-state index contributed by atoms with van der Waals surface area (Å²) in [5.41, 5.74) is 0. The van der Waals surface area contributed by atoms with Gasteiger partial charge in [-0.15, -0.1) is 0 Å². The Hall–Kier alpha value is -0.980. The highest BCUT2D eigenvalue weighted by Gasteiger charge is 2.23. The number of hydrogen-bond acceptors (Lipinski definition) is 6. The summed E-state index contributed by atoms with van der Waals surface area (Å²) >= 11 is 0. The van der Waals surface area contributed by atoms with Crippen LogP contribution in [-0.4, -0.2) is 65.4 Å². The molecule has 0 radical (unpaired) electrons. The Bertz CT molecular complexity index is 449. The highest BCUT2D eigenvalue weighted by atomic mass is 16.5. The molecule has 0 aromatic carbocycles. The van der Waals surface area contributed by atoms with Gasteiger partial charge in [-0.1, -0.05) is 19.0 Å². The van der Waals surface area contributed by atoms with Crippen LogP contribution in [0.15, 0.2) is 4.52 Å². The average molecular weight is 308 g/mol. The number of hydrogen-bond donors (Lipinski definition) is 0. The van der Waals surface area contributed by atoms with Gasteiger partial charge in [-0.2, -0.15) is 4.98 Å². The highest BCUT2D eigenvalue weighted by Crippen LogP contribution is 2.15. The first-order valence-electron chi connectivity index (χ1n) is 8.57. The predicted molar refractivity (Wildman–Crippen MR) is 83.5 cm³/mol. The fourth-order valence-corrected chi connectivity index (χ4v) is 3.20. The Kier molecular flexibility index (Phi) is 5.44. The molecule has 3 heterocycles. The molecule has 0 saturated carbocycles. The van der Waals surface area contributed by atoms with E-state index in [9.17, 15) is 0 Å². The first-order chi connectivity index (χ1) is 10.7. The van der Waals surface area contributed by atoms with Crippen molar-refractivity contribution < 1.29 is 9.26 Å². The topological polar surface area (TPSA) is 54.6 Å². The first-order valence-corrected chi connectivity index (χ1v) is 8.57. The van der Waals surface area contributed by atoms with Gasteiger partial charge >= 0.3 is 0 Å². The number of nitrogens with zero attached hydrogens (tertiary/aromatic N) is 4. The van der Waals surface area contributed by atoms with E-state index in [1.165, 1.54) is 12.8 Å². The molecule has 2 aliphatic heterocycles. The number of rotatable bonds is 6. The molecule has 0 amide bonds. The monoisotopic (exact) mass is 308 g/mol. The third-order valence-corrected chi connectivity index (χ3v) is 4.41. The fraction of sp³-hybridized carbons (Fsp3) is 0.875. The van der Waals surface area contributed by atoms with E-state index in [4.69, 9.17) is 9.26 Å². The number of piperazine rings is 1. The SMILES string of the molecule is CC(C)Cc1noc(CN2CCN(CC3CCCO3)CC2)n1. The molecule has 22 heavy (non-hydrogen) atoms. The lowest BCUT2D eigenvalue weighted by Crippen LogP contribution is -2.48.